The Morgan fingerprint density at radius 1 is 1.33 bits per heavy atom. The van der Waals surface area contributed by atoms with Crippen molar-refractivity contribution >= 4 is 35.1 Å². The Balaban J connectivity index is 1.58. The maximum Gasteiger partial charge on any atom is 0.271 e. The maximum absolute atomic E-state index is 12.8. The fourth-order valence-electron chi connectivity index (χ4n) is 1.99. The van der Waals surface area contributed by atoms with Crippen molar-refractivity contribution in [2.45, 2.75) is 6.54 Å². The molecule has 0 unspecified atom stereocenters. The third kappa shape index (κ3) is 4.27. The molecule has 0 spiro atoms. The van der Waals surface area contributed by atoms with Crippen molar-refractivity contribution in [3.05, 3.63) is 74.9 Å². The minimum Gasteiger partial charge on any atom is -0.267 e. The lowest BCUT2D eigenvalue weighted by molar-refractivity contribution is 0.0955. The van der Waals surface area contributed by atoms with Gasteiger partial charge in [0.1, 0.15) is 0 Å². The third-order valence-electron chi connectivity index (χ3n) is 3.11. The predicted molar refractivity (Wildman–Crippen MR) is 92.1 cm³/mol. The van der Waals surface area contributed by atoms with Crippen molar-refractivity contribution in [1.82, 2.24) is 15.2 Å². The van der Waals surface area contributed by atoms with Gasteiger partial charge in [-0.15, -0.1) is 11.3 Å². The largest absolute Gasteiger partial charge is 0.271 e. The van der Waals surface area contributed by atoms with Crippen LogP contribution in [-0.4, -0.2) is 21.9 Å². The van der Waals surface area contributed by atoms with Gasteiger partial charge in [0.25, 0.3) is 5.91 Å². The Labute approximate surface area is 146 Å². The Kier molecular flexibility index (Phi) is 5.02. The fourth-order valence-corrected chi connectivity index (χ4v) is 2.75. The number of benzene rings is 1. The van der Waals surface area contributed by atoms with Crippen LogP contribution in [0.2, 0.25) is 5.02 Å². The summed E-state index contributed by atoms with van der Waals surface area (Å²) in [6.45, 7) is 0.566. The van der Waals surface area contributed by atoms with Crippen LogP contribution < -0.4 is 5.43 Å². The van der Waals surface area contributed by atoms with Gasteiger partial charge in [0.05, 0.1) is 28.9 Å². The number of nitrogens with one attached hydrogen (secondary N) is 1. The lowest BCUT2D eigenvalue weighted by atomic mass is 10.1. The van der Waals surface area contributed by atoms with Gasteiger partial charge in [-0.1, -0.05) is 23.7 Å². The first-order valence-corrected chi connectivity index (χ1v) is 8.15. The summed E-state index contributed by atoms with van der Waals surface area (Å²) >= 11 is 6.77. The molecule has 0 aliphatic carbocycles. The van der Waals surface area contributed by atoms with Crippen molar-refractivity contribution in [3.8, 4) is 0 Å². The van der Waals surface area contributed by atoms with E-state index in [-0.39, 0.29) is 11.0 Å². The summed E-state index contributed by atoms with van der Waals surface area (Å²) in [5, 5.41) is 8.20. The molecule has 3 rings (SSSR count). The number of carbonyl (C=O) groups is 1. The summed E-state index contributed by atoms with van der Waals surface area (Å²) in [4.78, 5) is 12.6. The number of hydrogen-bond donors (Lipinski definition) is 1. The Hall–Kier alpha value is -2.51. The number of nitrogens with zero attached hydrogens (tertiary/aromatic N) is 3. The molecule has 0 fully saturated rings. The topological polar surface area (TPSA) is 59.3 Å². The van der Waals surface area contributed by atoms with Gasteiger partial charge in [-0.05, 0) is 29.8 Å². The number of amides is 1. The number of hydrogen-bond acceptors (Lipinski definition) is 4. The van der Waals surface area contributed by atoms with E-state index in [0.717, 1.165) is 16.9 Å². The fraction of sp³-hybridized carbons (Fsp3) is 0.0625. The Morgan fingerprint density at radius 2 is 2.12 bits per heavy atom. The van der Waals surface area contributed by atoms with Crippen molar-refractivity contribution in [3.63, 3.8) is 0 Å². The molecular weight excluding hydrogens is 351 g/mol. The summed E-state index contributed by atoms with van der Waals surface area (Å²) in [7, 11) is 0. The molecule has 1 aromatic carbocycles. The summed E-state index contributed by atoms with van der Waals surface area (Å²) in [5.41, 5.74) is 3.88. The smallest absolute Gasteiger partial charge is 0.267 e. The van der Waals surface area contributed by atoms with Crippen LogP contribution in [0.15, 0.2) is 53.9 Å². The van der Waals surface area contributed by atoms with Gasteiger partial charge in [0, 0.05) is 11.8 Å². The molecule has 0 bridgehead atoms. The van der Waals surface area contributed by atoms with Crippen LogP contribution in [0.3, 0.4) is 0 Å². The first-order valence-electron chi connectivity index (χ1n) is 6.96. The van der Waals surface area contributed by atoms with E-state index in [1.54, 1.807) is 35.3 Å². The van der Waals surface area contributed by atoms with Crippen LogP contribution in [0.4, 0.5) is 4.39 Å². The molecule has 2 heterocycles. The highest BCUT2D eigenvalue weighted by molar-refractivity contribution is 7.12. The number of rotatable bonds is 5. The second-order valence-corrected chi connectivity index (χ2v) is 6.40. The Bertz CT molecular complexity index is 872. The van der Waals surface area contributed by atoms with E-state index in [4.69, 9.17) is 11.6 Å². The summed E-state index contributed by atoms with van der Waals surface area (Å²) < 4.78 is 14.5. The van der Waals surface area contributed by atoms with E-state index in [1.807, 2.05) is 12.1 Å². The third-order valence-corrected chi connectivity index (χ3v) is 4.12. The van der Waals surface area contributed by atoms with Crippen LogP contribution in [0.25, 0.3) is 0 Å². The molecule has 3 aromatic rings. The van der Waals surface area contributed by atoms with Gasteiger partial charge < -0.3 is 0 Å². The van der Waals surface area contributed by atoms with E-state index in [1.165, 1.54) is 12.3 Å². The first kappa shape index (κ1) is 16.4. The van der Waals surface area contributed by atoms with Crippen LogP contribution in [-0.2, 0) is 6.54 Å². The zero-order chi connectivity index (χ0) is 16.9. The molecule has 0 aliphatic rings. The number of aromatic nitrogens is 2. The predicted octanol–water partition coefficient (Wildman–Crippen LogP) is 3.55. The number of thiophene rings is 1. The molecule has 0 atom stereocenters. The van der Waals surface area contributed by atoms with Crippen LogP contribution in [0.1, 0.15) is 20.8 Å². The minimum atomic E-state index is -0.336. The maximum atomic E-state index is 12.8. The SMILES string of the molecule is O=C(N/N=C/c1ccc(F)s1)c1ccc(Cn2cc(Cl)cn2)cc1. The lowest BCUT2D eigenvalue weighted by Gasteiger charge is -2.04. The molecule has 122 valence electrons. The van der Waals surface area contributed by atoms with Gasteiger partial charge >= 0.3 is 0 Å². The molecule has 24 heavy (non-hydrogen) atoms. The van der Waals surface area contributed by atoms with E-state index in [2.05, 4.69) is 15.6 Å². The minimum absolute atomic E-state index is 0.295. The van der Waals surface area contributed by atoms with E-state index in [9.17, 15) is 9.18 Å². The van der Waals surface area contributed by atoms with E-state index >= 15 is 0 Å². The quantitative estimate of drug-likeness (QED) is 0.557. The molecular formula is C16H12ClFN4OS. The summed E-state index contributed by atoms with van der Waals surface area (Å²) in [6.07, 6.45) is 4.70. The van der Waals surface area contributed by atoms with E-state index in [0.29, 0.717) is 22.0 Å². The monoisotopic (exact) mass is 362 g/mol. The summed E-state index contributed by atoms with van der Waals surface area (Å²) in [6, 6.07) is 10.0. The standard InChI is InChI=1S/C16H12ClFN4OS/c17-13-7-20-22(10-13)9-11-1-3-12(4-2-11)16(23)21-19-8-14-5-6-15(18)24-14/h1-8,10H,9H2,(H,21,23)/b19-8+. The molecule has 2 aromatic heterocycles. The zero-order valence-corrected chi connectivity index (χ0v) is 13.9. The molecule has 0 radical (unpaired) electrons. The van der Waals surface area contributed by atoms with Gasteiger partial charge in [0.2, 0.25) is 0 Å². The van der Waals surface area contributed by atoms with Crippen molar-refractivity contribution in [2.24, 2.45) is 5.10 Å². The number of carbonyl (C=O) groups excluding carboxylic acids is 1. The highest BCUT2D eigenvalue weighted by atomic mass is 35.5. The molecule has 0 aliphatic heterocycles. The number of hydrazone groups is 1. The van der Waals surface area contributed by atoms with Crippen LogP contribution in [0.5, 0.6) is 0 Å². The molecule has 0 saturated carbocycles. The van der Waals surface area contributed by atoms with Gasteiger partial charge in [-0.25, -0.2) is 5.43 Å². The van der Waals surface area contributed by atoms with Crippen molar-refractivity contribution in [2.75, 3.05) is 0 Å². The zero-order valence-electron chi connectivity index (χ0n) is 12.3. The Morgan fingerprint density at radius 3 is 2.75 bits per heavy atom. The number of halogens is 2. The van der Waals surface area contributed by atoms with E-state index < -0.39 is 0 Å². The molecule has 0 saturated heterocycles. The average molecular weight is 363 g/mol. The van der Waals surface area contributed by atoms with Crippen molar-refractivity contribution in [1.29, 1.82) is 0 Å². The molecule has 1 amide bonds. The molecule has 5 nitrogen and oxygen atoms in total. The molecule has 8 heteroatoms. The highest BCUT2D eigenvalue weighted by Crippen LogP contribution is 2.12. The summed E-state index contributed by atoms with van der Waals surface area (Å²) in [5.74, 6) is -0.336. The first-order chi connectivity index (χ1) is 11.6. The van der Waals surface area contributed by atoms with Gasteiger partial charge in [0.15, 0.2) is 5.13 Å². The van der Waals surface area contributed by atoms with Crippen LogP contribution in [0, 0.1) is 5.13 Å². The van der Waals surface area contributed by atoms with Crippen LogP contribution >= 0.6 is 22.9 Å². The highest BCUT2D eigenvalue weighted by Gasteiger charge is 2.05. The van der Waals surface area contributed by atoms with Gasteiger partial charge in [-0.2, -0.15) is 14.6 Å². The van der Waals surface area contributed by atoms with Gasteiger partial charge in [-0.3, -0.25) is 9.48 Å². The normalized spacial score (nSPS) is 11.1. The van der Waals surface area contributed by atoms with Crippen molar-refractivity contribution < 1.29 is 9.18 Å². The lowest BCUT2D eigenvalue weighted by Crippen LogP contribution is -2.17. The second kappa shape index (κ2) is 7.37. The second-order valence-electron chi connectivity index (χ2n) is 4.89. The molecule has 1 N–H and O–H groups in total. The average Bonchev–Trinajstić information content (AvgIpc) is 3.16.